The van der Waals surface area contributed by atoms with Gasteiger partial charge < -0.3 is 0 Å². The molecule has 1 spiro atoms. The van der Waals surface area contributed by atoms with E-state index in [9.17, 15) is 0 Å². The van der Waals surface area contributed by atoms with Crippen LogP contribution in [0, 0.1) is 10.8 Å². The lowest BCUT2D eigenvalue weighted by molar-refractivity contribution is 0.0607. The maximum Gasteiger partial charge on any atom is 0.0196 e. The third kappa shape index (κ3) is 0.969. The number of fused-ring (bicyclic) bond motifs is 4. The van der Waals surface area contributed by atoms with Gasteiger partial charge >= 0.3 is 0 Å². The molecule has 7 rings (SSSR count). The lowest BCUT2D eigenvalue weighted by Gasteiger charge is -2.56. The summed E-state index contributed by atoms with van der Waals surface area (Å²) in [5, 5.41) is 0. The van der Waals surface area contributed by atoms with Crippen molar-refractivity contribution in [3.63, 3.8) is 0 Å². The van der Waals surface area contributed by atoms with Crippen molar-refractivity contribution in [2.75, 3.05) is 0 Å². The highest BCUT2D eigenvalue weighted by Crippen LogP contribution is 3.15. The fourth-order valence-corrected chi connectivity index (χ4v) is 8.73. The molecule has 0 heteroatoms. The standard InChI is InChI=1S/C26H22/c1-23-16-18-10-8-9-15-21(18)22-17-24(19-11-4-2-5-12-19)25(23,26(22,23)24)20-13-6-3-7-14-20/h2-15,22H,16-17H2,1H3/t22-,23-,24-,25+,26-/m0/s1. The number of rotatable bonds is 2. The van der Waals surface area contributed by atoms with Crippen LogP contribution in [0.5, 0.6) is 0 Å². The highest BCUT2D eigenvalue weighted by atomic mass is 15.2. The third-order valence-electron chi connectivity index (χ3n) is 8.96. The van der Waals surface area contributed by atoms with Crippen LogP contribution in [0.3, 0.4) is 0 Å². The Kier molecular flexibility index (Phi) is 2.04. The zero-order valence-electron chi connectivity index (χ0n) is 15.1. The molecular weight excluding hydrogens is 312 g/mol. The van der Waals surface area contributed by atoms with Crippen molar-refractivity contribution in [3.8, 4) is 0 Å². The van der Waals surface area contributed by atoms with Crippen molar-refractivity contribution in [3.05, 3.63) is 107 Å². The molecule has 4 aliphatic carbocycles. The third-order valence-corrected chi connectivity index (χ3v) is 8.96. The normalized spacial score (nSPS) is 42.7. The first-order valence-electron chi connectivity index (χ1n) is 9.94. The molecule has 0 radical (unpaired) electrons. The molecule has 0 heterocycles. The summed E-state index contributed by atoms with van der Waals surface area (Å²) in [6, 6.07) is 32.1. The fraction of sp³-hybridized carbons (Fsp3) is 0.308. The average Bonchev–Trinajstić information content (AvgIpc) is 3.40. The summed E-state index contributed by atoms with van der Waals surface area (Å²) in [5.41, 5.74) is 7.98. The Balaban J connectivity index is 1.52. The van der Waals surface area contributed by atoms with Gasteiger partial charge in [-0.05, 0) is 46.4 Å². The minimum atomic E-state index is 0.333. The molecule has 3 saturated carbocycles. The lowest BCUT2D eigenvalue weighted by atomic mass is 9.46. The monoisotopic (exact) mass is 334 g/mol. The highest BCUT2D eigenvalue weighted by Gasteiger charge is 3.16. The second kappa shape index (κ2) is 3.83. The quantitative estimate of drug-likeness (QED) is 0.570. The molecule has 0 N–H and O–H groups in total. The number of hydrogen-bond acceptors (Lipinski definition) is 0. The summed E-state index contributed by atoms with van der Waals surface area (Å²) in [4.78, 5) is 0. The van der Waals surface area contributed by atoms with E-state index in [0.29, 0.717) is 21.7 Å². The van der Waals surface area contributed by atoms with E-state index in [1.165, 1.54) is 12.8 Å². The molecule has 5 atom stereocenters. The first-order valence-corrected chi connectivity index (χ1v) is 9.94. The van der Waals surface area contributed by atoms with Crippen molar-refractivity contribution in [2.45, 2.75) is 36.5 Å². The van der Waals surface area contributed by atoms with Crippen LogP contribution < -0.4 is 0 Å². The Morgan fingerprint density at radius 3 is 2.08 bits per heavy atom. The number of hydrogen-bond donors (Lipinski definition) is 0. The Bertz CT molecular complexity index is 1070. The van der Waals surface area contributed by atoms with Gasteiger partial charge in [-0.25, -0.2) is 0 Å². The van der Waals surface area contributed by atoms with Gasteiger partial charge in [-0.1, -0.05) is 91.9 Å². The summed E-state index contributed by atoms with van der Waals surface area (Å²) in [5.74, 6) is 0.734. The molecule has 3 fully saturated rings. The van der Waals surface area contributed by atoms with Gasteiger partial charge in [-0.2, -0.15) is 0 Å². The molecule has 0 aromatic heterocycles. The van der Waals surface area contributed by atoms with Crippen molar-refractivity contribution < 1.29 is 0 Å². The summed E-state index contributed by atoms with van der Waals surface area (Å²) in [6.07, 6.45) is 2.56. The summed E-state index contributed by atoms with van der Waals surface area (Å²) in [6.45, 7) is 2.59. The molecular formula is C26H22. The first-order chi connectivity index (χ1) is 12.8. The second-order valence-corrected chi connectivity index (χ2v) is 9.16. The molecule has 4 aliphatic rings. The van der Waals surface area contributed by atoms with Crippen LogP contribution in [0.4, 0.5) is 0 Å². The van der Waals surface area contributed by atoms with E-state index in [1.807, 2.05) is 0 Å². The zero-order chi connectivity index (χ0) is 17.2. The van der Waals surface area contributed by atoms with Crippen LogP contribution in [0.15, 0.2) is 84.9 Å². The SMILES string of the molecule is C[C@]12Cc3ccccc3[C@@H]3C[C@]4(c5ccccc5)[C@]1(c1ccccc1)[C@@]324. The Morgan fingerprint density at radius 1 is 0.731 bits per heavy atom. The molecule has 26 heavy (non-hydrogen) atoms. The maximum absolute atomic E-state index is 2.59. The van der Waals surface area contributed by atoms with Gasteiger partial charge in [0.2, 0.25) is 0 Å². The first kappa shape index (κ1) is 13.8. The Hall–Kier alpha value is -2.34. The van der Waals surface area contributed by atoms with E-state index in [4.69, 9.17) is 0 Å². The predicted octanol–water partition coefficient (Wildman–Crippen LogP) is 5.63. The van der Waals surface area contributed by atoms with Gasteiger partial charge in [0, 0.05) is 16.2 Å². The molecule has 0 amide bonds. The van der Waals surface area contributed by atoms with Gasteiger partial charge in [-0.15, -0.1) is 0 Å². The zero-order valence-corrected chi connectivity index (χ0v) is 15.1. The van der Waals surface area contributed by atoms with Crippen LogP contribution in [0.2, 0.25) is 0 Å². The smallest absolute Gasteiger partial charge is 0.0196 e. The molecule has 0 saturated heterocycles. The van der Waals surface area contributed by atoms with E-state index in [2.05, 4.69) is 91.9 Å². The van der Waals surface area contributed by atoms with E-state index < -0.39 is 0 Å². The summed E-state index contributed by atoms with van der Waals surface area (Å²) >= 11 is 0. The Morgan fingerprint density at radius 2 is 1.35 bits per heavy atom. The molecule has 3 aromatic carbocycles. The van der Waals surface area contributed by atoms with Gasteiger partial charge in [0.25, 0.3) is 0 Å². The summed E-state index contributed by atoms with van der Waals surface area (Å²) in [7, 11) is 0. The van der Waals surface area contributed by atoms with Gasteiger partial charge in [0.05, 0.1) is 0 Å². The van der Waals surface area contributed by atoms with E-state index in [-0.39, 0.29) is 0 Å². The molecule has 3 aromatic rings. The van der Waals surface area contributed by atoms with Gasteiger partial charge in [-0.3, -0.25) is 0 Å². The van der Waals surface area contributed by atoms with Crippen molar-refractivity contribution in [1.82, 2.24) is 0 Å². The lowest BCUT2D eigenvalue weighted by Crippen LogP contribution is -2.53. The topological polar surface area (TPSA) is 0 Å². The minimum absolute atomic E-state index is 0.333. The average molecular weight is 334 g/mol. The molecule has 0 aliphatic heterocycles. The van der Waals surface area contributed by atoms with E-state index in [1.54, 1.807) is 22.3 Å². The van der Waals surface area contributed by atoms with Crippen molar-refractivity contribution >= 4 is 0 Å². The van der Waals surface area contributed by atoms with Crippen molar-refractivity contribution in [2.24, 2.45) is 10.8 Å². The van der Waals surface area contributed by atoms with Crippen molar-refractivity contribution in [1.29, 1.82) is 0 Å². The van der Waals surface area contributed by atoms with E-state index in [0.717, 1.165) is 5.92 Å². The second-order valence-electron chi connectivity index (χ2n) is 9.16. The van der Waals surface area contributed by atoms with Crippen LogP contribution in [0.25, 0.3) is 0 Å². The van der Waals surface area contributed by atoms with E-state index >= 15 is 0 Å². The predicted molar refractivity (Wildman–Crippen MR) is 104 cm³/mol. The maximum atomic E-state index is 2.59. The highest BCUT2D eigenvalue weighted by molar-refractivity contribution is 5.82. The Labute approximate surface area is 154 Å². The van der Waals surface area contributed by atoms with Gasteiger partial charge in [0.1, 0.15) is 0 Å². The molecule has 0 unspecified atom stereocenters. The van der Waals surface area contributed by atoms with Gasteiger partial charge in [0.15, 0.2) is 0 Å². The van der Waals surface area contributed by atoms with Crippen LogP contribution in [0.1, 0.15) is 41.5 Å². The van der Waals surface area contributed by atoms with Crippen LogP contribution in [-0.2, 0) is 17.3 Å². The number of benzene rings is 3. The van der Waals surface area contributed by atoms with Crippen LogP contribution in [-0.4, -0.2) is 0 Å². The minimum Gasteiger partial charge on any atom is -0.0622 e. The summed E-state index contributed by atoms with van der Waals surface area (Å²) < 4.78 is 0. The fourth-order valence-electron chi connectivity index (χ4n) is 8.73. The largest absolute Gasteiger partial charge is 0.0622 e. The van der Waals surface area contributed by atoms with Crippen LogP contribution >= 0.6 is 0 Å². The molecule has 0 nitrogen and oxygen atoms in total. The molecule has 0 bridgehead atoms. The molecule has 126 valence electrons.